The van der Waals surface area contributed by atoms with Gasteiger partial charge in [0.25, 0.3) is 0 Å². The van der Waals surface area contributed by atoms with E-state index in [2.05, 4.69) is 10.4 Å². The third-order valence-corrected chi connectivity index (χ3v) is 4.20. The number of carbonyl (C=O) groups is 1. The number of amides is 1. The summed E-state index contributed by atoms with van der Waals surface area (Å²) in [4.78, 5) is 15.8. The molecule has 3 aromatic rings. The van der Waals surface area contributed by atoms with E-state index >= 15 is 0 Å². The summed E-state index contributed by atoms with van der Waals surface area (Å²) >= 11 is 0. The first-order valence-corrected chi connectivity index (χ1v) is 7.95. The minimum atomic E-state index is -0.293. The smallest absolute Gasteiger partial charge is 0.237 e. The molecule has 3 heterocycles. The van der Waals surface area contributed by atoms with Gasteiger partial charge in [-0.15, -0.1) is 12.4 Å². The van der Waals surface area contributed by atoms with Crippen LogP contribution < -0.4 is 5.43 Å². The molecule has 134 valence electrons. The third-order valence-electron chi connectivity index (χ3n) is 4.20. The van der Waals surface area contributed by atoms with Gasteiger partial charge >= 0.3 is 0 Å². The maximum Gasteiger partial charge on any atom is 0.237 e. The Hall–Kier alpha value is -2.93. The summed E-state index contributed by atoms with van der Waals surface area (Å²) in [5, 5.41) is 6.26. The van der Waals surface area contributed by atoms with E-state index in [-0.39, 0.29) is 24.1 Å². The number of anilines is 1. The van der Waals surface area contributed by atoms with Crippen molar-refractivity contribution >= 4 is 24.1 Å². The normalized spacial score (nSPS) is 12.8. The standard InChI is InChI=1S/C18H16FN5O.ClH/c1-12(25)23-10-11-24-18(22-23)16(13-6-8-20-9-7-13)17(21-24)14-2-4-15(19)5-3-14;/h2-9,22H,10-11H2,1H3;1H. The molecule has 4 rings (SSSR count). The molecule has 6 nitrogen and oxygen atoms in total. The summed E-state index contributed by atoms with van der Waals surface area (Å²) < 4.78 is 15.1. The van der Waals surface area contributed by atoms with Crippen LogP contribution in [-0.2, 0) is 11.3 Å². The molecule has 0 atom stereocenters. The van der Waals surface area contributed by atoms with Crippen molar-refractivity contribution in [3.8, 4) is 22.4 Å². The van der Waals surface area contributed by atoms with Crippen LogP contribution in [0.4, 0.5) is 10.2 Å². The van der Waals surface area contributed by atoms with Gasteiger partial charge in [0.2, 0.25) is 5.91 Å². The summed E-state index contributed by atoms with van der Waals surface area (Å²) in [6.07, 6.45) is 3.42. The van der Waals surface area contributed by atoms with Crippen LogP contribution in [0, 0.1) is 5.82 Å². The van der Waals surface area contributed by atoms with Crippen LogP contribution in [0.1, 0.15) is 6.92 Å². The molecule has 0 unspecified atom stereocenters. The number of nitrogens with one attached hydrogen (secondary N) is 1. The van der Waals surface area contributed by atoms with Crippen LogP contribution in [0.25, 0.3) is 22.4 Å². The zero-order valence-electron chi connectivity index (χ0n) is 14.0. The summed E-state index contributed by atoms with van der Waals surface area (Å²) in [6.45, 7) is 2.63. The zero-order valence-corrected chi connectivity index (χ0v) is 14.8. The number of rotatable bonds is 2. The molecule has 1 amide bonds. The molecule has 0 bridgehead atoms. The number of pyridine rings is 1. The second kappa shape index (κ2) is 7.13. The molecule has 0 fully saturated rings. The van der Waals surface area contributed by atoms with Crippen molar-refractivity contribution in [3.05, 3.63) is 54.6 Å². The quantitative estimate of drug-likeness (QED) is 0.748. The summed E-state index contributed by atoms with van der Waals surface area (Å²) in [7, 11) is 0. The largest absolute Gasteiger partial charge is 0.279 e. The second-order valence-corrected chi connectivity index (χ2v) is 5.82. The van der Waals surface area contributed by atoms with Crippen molar-refractivity contribution in [2.45, 2.75) is 13.5 Å². The topological polar surface area (TPSA) is 63.1 Å². The Balaban J connectivity index is 0.00000196. The third kappa shape index (κ3) is 3.13. The molecular weight excluding hydrogens is 357 g/mol. The van der Waals surface area contributed by atoms with Gasteiger partial charge in [-0.3, -0.25) is 20.2 Å². The SMILES string of the molecule is CC(=O)N1CCn2nc(-c3ccc(F)cc3)c(-c3ccncc3)c2N1.Cl. The van der Waals surface area contributed by atoms with Crippen LogP contribution >= 0.6 is 12.4 Å². The number of aromatic nitrogens is 3. The van der Waals surface area contributed by atoms with Gasteiger partial charge < -0.3 is 0 Å². The number of hydrogen-bond donors (Lipinski definition) is 1. The molecule has 8 heteroatoms. The number of hydrogen-bond acceptors (Lipinski definition) is 4. The lowest BCUT2D eigenvalue weighted by atomic mass is 10.0. The fraction of sp³-hybridized carbons (Fsp3) is 0.167. The number of benzene rings is 1. The summed E-state index contributed by atoms with van der Waals surface area (Å²) in [6, 6.07) is 10.0. The van der Waals surface area contributed by atoms with Crippen molar-refractivity contribution in [1.82, 2.24) is 19.8 Å². The zero-order chi connectivity index (χ0) is 17.4. The average Bonchev–Trinajstić information content (AvgIpc) is 3.01. The molecule has 0 saturated carbocycles. The molecule has 0 aliphatic carbocycles. The highest BCUT2D eigenvalue weighted by atomic mass is 35.5. The van der Waals surface area contributed by atoms with Gasteiger partial charge in [-0.1, -0.05) is 0 Å². The lowest BCUT2D eigenvalue weighted by Crippen LogP contribution is -2.41. The number of carbonyl (C=O) groups excluding carboxylic acids is 1. The Morgan fingerprint density at radius 1 is 1.08 bits per heavy atom. The highest BCUT2D eigenvalue weighted by molar-refractivity contribution is 5.90. The first kappa shape index (κ1) is 17.9. The molecule has 1 aliphatic rings. The van der Waals surface area contributed by atoms with E-state index in [1.807, 2.05) is 16.8 Å². The Labute approximate surface area is 156 Å². The molecule has 0 radical (unpaired) electrons. The predicted octanol–water partition coefficient (Wildman–Crippen LogP) is 3.36. The van der Waals surface area contributed by atoms with Crippen LogP contribution in [0.15, 0.2) is 48.8 Å². The van der Waals surface area contributed by atoms with Gasteiger partial charge in [-0.2, -0.15) is 5.10 Å². The van der Waals surface area contributed by atoms with E-state index < -0.39 is 0 Å². The number of hydrazine groups is 1. The number of halogens is 2. The molecule has 1 aromatic carbocycles. The minimum absolute atomic E-state index is 0. The first-order chi connectivity index (χ1) is 12.1. The van der Waals surface area contributed by atoms with E-state index in [0.717, 1.165) is 28.2 Å². The highest BCUT2D eigenvalue weighted by Gasteiger charge is 2.26. The van der Waals surface area contributed by atoms with Crippen LogP contribution in [0.5, 0.6) is 0 Å². The molecule has 1 N–H and O–H groups in total. The number of fused-ring (bicyclic) bond motifs is 1. The molecule has 0 spiro atoms. The van der Waals surface area contributed by atoms with Crippen molar-refractivity contribution in [2.24, 2.45) is 0 Å². The van der Waals surface area contributed by atoms with Crippen molar-refractivity contribution in [1.29, 1.82) is 0 Å². The minimum Gasteiger partial charge on any atom is -0.279 e. The number of nitrogens with zero attached hydrogens (tertiary/aromatic N) is 4. The molecular formula is C18H17ClFN5O. The fourth-order valence-electron chi connectivity index (χ4n) is 2.95. The van der Waals surface area contributed by atoms with Crippen LogP contribution in [-0.4, -0.2) is 32.2 Å². The van der Waals surface area contributed by atoms with E-state index in [1.165, 1.54) is 19.1 Å². The lowest BCUT2D eigenvalue weighted by Gasteiger charge is -2.28. The average molecular weight is 374 g/mol. The van der Waals surface area contributed by atoms with E-state index in [4.69, 9.17) is 5.10 Å². The van der Waals surface area contributed by atoms with Gasteiger partial charge in [-0.05, 0) is 42.0 Å². The Bertz CT molecular complexity index is 927. The lowest BCUT2D eigenvalue weighted by molar-refractivity contribution is -0.128. The van der Waals surface area contributed by atoms with Crippen molar-refractivity contribution in [2.75, 3.05) is 12.0 Å². The first-order valence-electron chi connectivity index (χ1n) is 7.95. The van der Waals surface area contributed by atoms with Crippen LogP contribution in [0.3, 0.4) is 0 Å². The predicted molar refractivity (Wildman–Crippen MR) is 99.1 cm³/mol. The molecule has 2 aromatic heterocycles. The summed E-state index contributed by atoms with van der Waals surface area (Å²) in [5.41, 5.74) is 6.49. The Kier molecular flexibility index (Phi) is 4.90. The Morgan fingerprint density at radius 2 is 1.77 bits per heavy atom. The van der Waals surface area contributed by atoms with E-state index in [9.17, 15) is 9.18 Å². The van der Waals surface area contributed by atoms with Crippen molar-refractivity contribution < 1.29 is 9.18 Å². The Morgan fingerprint density at radius 3 is 2.42 bits per heavy atom. The van der Waals surface area contributed by atoms with Gasteiger partial charge in [0.05, 0.1) is 18.7 Å². The van der Waals surface area contributed by atoms with E-state index in [1.54, 1.807) is 29.5 Å². The van der Waals surface area contributed by atoms with Gasteiger partial charge in [0, 0.05) is 24.9 Å². The molecule has 1 aliphatic heterocycles. The fourth-order valence-corrected chi connectivity index (χ4v) is 2.95. The highest BCUT2D eigenvalue weighted by Crippen LogP contribution is 2.38. The van der Waals surface area contributed by atoms with Crippen LogP contribution in [0.2, 0.25) is 0 Å². The maximum atomic E-state index is 13.3. The van der Waals surface area contributed by atoms with Gasteiger partial charge in [-0.25, -0.2) is 9.07 Å². The van der Waals surface area contributed by atoms with Gasteiger partial charge in [0.15, 0.2) is 5.82 Å². The van der Waals surface area contributed by atoms with Gasteiger partial charge in [0.1, 0.15) is 11.5 Å². The van der Waals surface area contributed by atoms with Crippen molar-refractivity contribution in [3.63, 3.8) is 0 Å². The monoisotopic (exact) mass is 373 g/mol. The molecule has 26 heavy (non-hydrogen) atoms. The van der Waals surface area contributed by atoms with E-state index in [0.29, 0.717) is 13.1 Å². The summed E-state index contributed by atoms with van der Waals surface area (Å²) in [5.74, 6) is 0.391. The second-order valence-electron chi connectivity index (χ2n) is 5.82. The maximum absolute atomic E-state index is 13.3. The molecule has 0 saturated heterocycles.